The fraction of sp³-hybridized carbons (Fsp3) is 0.500. The number of hydrogen-bond donors (Lipinski definition) is 1. The highest BCUT2D eigenvalue weighted by atomic mass is 16.5. The lowest BCUT2D eigenvalue weighted by molar-refractivity contribution is -0.137. The molecule has 1 N–H and O–H groups in total. The largest absolute Gasteiger partial charge is 0.478 e. The first-order chi connectivity index (χ1) is 11.4. The summed E-state index contributed by atoms with van der Waals surface area (Å²) in [6.07, 6.45) is 10.1. The van der Waals surface area contributed by atoms with Crippen LogP contribution in [-0.2, 0) is 14.3 Å². The van der Waals surface area contributed by atoms with Crippen LogP contribution < -0.4 is 0 Å². The molecule has 1 saturated heterocycles. The van der Waals surface area contributed by atoms with Gasteiger partial charge in [-0.3, -0.25) is 0 Å². The molecule has 0 aromatic heterocycles. The van der Waals surface area contributed by atoms with Gasteiger partial charge in [0, 0.05) is 17.1 Å². The van der Waals surface area contributed by atoms with Crippen LogP contribution in [0, 0.1) is 5.92 Å². The maximum atomic E-state index is 11.8. The summed E-state index contributed by atoms with van der Waals surface area (Å²) in [7, 11) is 0. The van der Waals surface area contributed by atoms with Crippen LogP contribution in [0.15, 0.2) is 47.1 Å². The van der Waals surface area contributed by atoms with Gasteiger partial charge in [0.15, 0.2) is 0 Å². The number of esters is 1. The second-order valence-electron chi connectivity index (χ2n) is 6.72. The van der Waals surface area contributed by atoms with E-state index in [2.05, 4.69) is 12.7 Å². The summed E-state index contributed by atoms with van der Waals surface area (Å²) in [4.78, 5) is 23.2. The van der Waals surface area contributed by atoms with Crippen LogP contribution in [-0.4, -0.2) is 23.1 Å². The highest BCUT2D eigenvalue weighted by Gasteiger charge is 2.36. The molecule has 0 aromatic carbocycles. The van der Waals surface area contributed by atoms with E-state index >= 15 is 0 Å². The second-order valence-corrected chi connectivity index (χ2v) is 6.72. The zero-order chi connectivity index (χ0) is 17.7. The van der Waals surface area contributed by atoms with Gasteiger partial charge in [-0.25, -0.2) is 9.59 Å². The van der Waals surface area contributed by atoms with E-state index < -0.39 is 5.97 Å². The third-order valence-corrected chi connectivity index (χ3v) is 4.76. The number of carbonyl (C=O) groups is 2. The Kier molecular flexibility index (Phi) is 6.18. The van der Waals surface area contributed by atoms with Gasteiger partial charge in [0.1, 0.15) is 6.10 Å². The average Bonchev–Trinajstić information content (AvgIpc) is 2.77. The van der Waals surface area contributed by atoms with Crippen molar-refractivity contribution < 1.29 is 19.4 Å². The van der Waals surface area contributed by atoms with Crippen molar-refractivity contribution in [3.05, 3.63) is 47.1 Å². The van der Waals surface area contributed by atoms with Crippen LogP contribution in [0.3, 0.4) is 0 Å². The molecule has 130 valence electrons. The van der Waals surface area contributed by atoms with Gasteiger partial charge in [0.2, 0.25) is 0 Å². The molecule has 1 heterocycles. The van der Waals surface area contributed by atoms with E-state index in [0.29, 0.717) is 24.0 Å². The van der Waals surface area contributed by atoms with Crippen LogP contribution in [0.25, 0.3) is 0 Å². The van der Waals surface area contributed by atoms with E-state index in [1.807, 2.05) is 26.0 Å². The third kappa shape index (κ3) is 4.70. The van der Waals surface area contributed by atoms with Crippen molar-refractivity contribution in [1.29, 1.82) is 0 Å². The Morgan fingerprint density at radius 1 is 1.17 bits per heavy atom. The second kappa shape index (κ2) is 8.13. The lowest BCUT2D eigenvalue weighted by Gasteiger charge is -2.16. The Morgan fingerprint density at radius 3 is 2.58 bits per heavy atom. The monoisotopic (exact) mass is 330 g/mol. The van der Waals surface area contributed by atoms with Crippen LogP contribution >= 0.6 is 0 Å². The number of carbonyl (C=O) groups excluding carboxylic acids is 1. The van der Waals surface area contributed by atoms with Gasteiger partial charge in [-0.2, -0.15) is 0 Å². The van der Waals surface area contributed by atoms with Gasteiger partial charge in [-0.15, -0.1) is 0 Å². The lowest BCUT2D eigenvalue weighted by atomic mass is 9.89. The summed E-state index contributed by atoms with van der Waals surface area (Å²) in [5.74, 6) is -1.10. The van der Waals surface area contributed by atoms with E-state index in [4.69, 9.17) is 4.74 Å². The van der Waals surface area contributed by atoms with Crippen molar-refractivity contribution in [3.8, 4) is 0 Å². The molecule has 4 nitrogen and oxygen atoms in total. The number of fused-ring (bicyclic) bond motifs is 1. The van der Waals surface area contributed by atoms with Crippen molar-refractivity contribution in [2.45, 2.75) is 58.5 Å². The number of ether oxygens (including phenoxy) is 1. The molecule has 0 aromatic rings. The van der Waals surface area contributed by atoms with Gasteiger partial charge in [0.25, 0.3) is 0 Å². The predicted molar refractivity (Wildman–Crippen MR) is 93.4 cm³/mol. The molecular formula is C20H26O4. The summed E-state index contributed by atoms with van der Waals surface area (Å²) in [5, 5.41) is 9.29. The van der Waals surface area contributed by atoms with Crippen LogP contribution in [0.2, 0.25) is 0 Å². The fourth-order valence-electron chi connectivity index (χ4n) is 3.21. The van der Waals surface area contributed by atoms with E-state index in [9.17, 15) is 14.7 Å². The topological polar surface area (TPSA) is 63.6 Å². The van der Waals surface area contributed by atoms with Crippen molar-refractivity contribution in [1.82, 2.24) is 0 Å². The van der Waals surface area contributed by atoms with Crippen molar-refractivity contribution in [2.24, 2.45) is 5.92 Å². The lowest BCUT2D eigenvalue weighted by Crippen LogP contribution is -2.15. The van der Waals surface area contributed by atoms with Gasteiger partial charge in [0.05, 0.1) is 0 Å². The van der Waals surface area contributed by atoms with Crippen LogP contribution in [0.4, 0.5) is 0 Å². The van der Waals surface area contributed by atoms with Gasteiger partial charge >= 0.3 is 11.9 Å². The summed E-state index contributed by atoms with van der Waals surface area (Å²) >= 11 is 0. The van der Waals surface area contributed by atoms with Gasteiger partial charge < -0.3 is 9.84 Å². The molecule has 0 spiro atoms. The molecule has 1 fully saturated rings. The molecule has 0 bridgehead atoms. The zero-order valence-corrected chi connectivity index (χ0v) is 14.5. The minimum atomic E-state index is -0.837. The molecule has 0 unspecified atom stereocenters. The van der Waals surface area contributed by atoms with E-state index in [-0.39, 0.29) is 18.0 Å². The third-order valence-electron chi connectivity index (χ3n) is 4.76. The Labute approximate surface area is 143 Å². The smallest absolute Gasteiger partial charge is 0.334 e. The van der Waals surface area contributed by atoms with Crippen molar-refractivity contribution >= 4 is 11.9 Å². The SMILES string of the molecule is C=C1C(=O)O[C@H]2/C=C(\C)CC/C=C(\C(=O)O)CC/C=C(/C)CC[C@H]12. The Hall–Kier alpha value is -2.10. The minimum Gasteiger partial charge on any atom is -0.478 e. The first-order valence-electron chi connectivity index (χ1n) is 8.53. The molecule has 2 atom stereocenters. The molecule has 0 amide bonds. The molecule has 24 heavy (non-hydrogen) atoms. The molecular weight excluding hydrogens is 304 g/mol. The number of allylic oxidation sites excluding steroid dienone is 4. The molecule has 1 aliphatic carbocycles. The Balaban J connectivity index is 2.23. The summed E-state index contributed by atoms with van der Waals surface area (Å²) in [5.41, 5.74) is 3.36. The van der Waals surface area contributed by atoms with Crippen molar-refractivity contribution in [2.75, 3.05) is 0 Å². The van der Waals surface area contributed by atoms with Crippen LogP contribution in [0.1, 0.15) is 52.4 Å². The maximum Gasteiger partial charge on any atom is 0.334 e. The number of aliphatic carboxylic acids is 1. The van der Waals surface area contributed by atoms with E-state index in [0.717, 1.165) is 31.3 Å². The number of hydrogen-bond acceptors (Lipinski definition) is 3. The average molecular weight is 330 g/mol. The maximum absolute atomic E-state index is 11.8. The van der Waals surface area contributed by atoms with E-state index in [1.54, 1.807) is 0 Å². The normalized spacial score (nSPS) is 33.0. The Bertz CT molecular complexity index is 622. The molecule has 0 saturated carbocycles. The first kappa shape index (κ1) is 18.2. The summed E-state index contributed by atoms with van der Waals surface area (Å²) in [6.45, 7) is 7.95. The molecule has 2 aliphatic rings. The zero-order valence-electron chi connectivity index (χ0n) is 14.5. The Morgan fingerprint density at radius 2 is 1.88 bits per heavy atom. The van der Waals surface area contributed by atoms with Gasteiger partial charge in [-0.05, 0) is 58.4 Å². The highest BCUT2D eigenvalue weighted by molar-refractivity contribution is 5.91. The van der Waals surface area contributed by atoms with Crippen molar-refractivity contribution in [3.63, 3.8) is 0 Å². The number of carboxylic acid groups (broad SMARTS) is 1. The van der Waals surface area contributed by atoms with Crippen LogP contribution in [0.5, 0.6) is 0 Å². The predicted octanol–water partition coefficient (Wildman–Crippen LogP) is 4.34. The number of carboxylic acids is 1. The molecule has 2 rings (SSSR count). The van der Waals surface area contributed by atoms with Gasteiger partial charge in [-0.1, -0.05) is 29.9 Å². The number of rotatable bonds is 1. The quantitative estimate of drug-likeness (QED) is 0.441. The summed E-state index contributed by atoms with van der Waals surface area (Å²) < 4.78 is 5.46. The molecule has 0 radical (unpaired) electrons. The fourth-order valence-corrected chi connectivity index (χ4v) is 3.21. The molecule has 1 aliphatic heterocycles. The molecule has 4 heteroatoms. The first-order valence-corrected chi connectivity index (χ1v) is 8.53. The summed E-state index contributed by atoms with van der Waals surface area (Å²) in [6, 6.07) is 0. The highest BCUT2D eigenvalue weighted by Crippen LogP contribution is 2.33. The minimum absolute atomic E-state index is 0.0314. The van der Waals surface area contributed by atoms with E-state index in [1.165, 1.54) is 5.57 Å². The standard InChI is InChI=1S/C20H26O4/c1-13-6-4-8-16(19(21)22)9-5-7-14(2)12-18-17(11-10-13)15(3)20(23)24-18/h6,9,12,17-18H,3-5,7-8,10-11H2,1-2H3,(H,21,22)/b13-6-,14-12+,16-9-/t17-,18+/m1/s1.